The van der Waals surface area contributed by atoms with Gasteiger partial charge >= 0.3 is 0 Å². The topological polar surface area (TPSA) is 99.5 Å². The standard InChI is InChI=1S/C24H23N3O5S/c1-4-32-18-10-12-19(13-11-18)33(29,30)26-22-14-9-17(15-23(22)31-3)27-16(2)25-21-8-6-5-7-20(21)24(27)28/h5-15,26H,4H2,1-3H3. The van der Waals surface area contributed by atoms with Crippen molar-refractivity contribution in [3.05, 3.63) is 82.9 Å². The smallest absolute Gasteiger partial charge is 0.265 e. The first-order valence-electron chi connectivity index (χ1n) is 10.3. The van der Waals surface area contributed by atoms with E-state index in [1.54, 1.807) is 55.5 Å². The molecule has 0 aliphatic rings. The minimum Gasteiger partial charge on any atom is -0.494 e. The van der Waals surface area contributed by atoms with Gasteiger partial charge in [-0.05, 0) is 62.4 Å². The summed E-state index contributed by atoms with van der Waals surface area (Å²) in [5.74, 6) is 1.35. The molecular formula is C24H23N3O5S. The number of hydrogen-bond acceptors (Lipinski definition) is 6. The summed E-state index contributed by atoms with van der Waals surface area (Å²) >= 11 is 0. The molecule has 0 amide bonds. The quantitative estimate of drug-likeness (QED) is 0.444. The molecule has 0 aliphatic heterocycles. The van der Waals surface area contributed by atoms with Gasteiger partial charge in [-0.25, -0.2) is 13.4 Å². The maximum Gasteiger partial charge on any atom is 0.265 e. The number of aromatic nitrogens is 2. The van der Waals surface area contributed by atoms with E-state index in [2.05, 4.69) is 9.71 Å². The van der Waals surface area contributed by atoms with Crippen LogP contribution in [0.1, 0.15) is 12.7 Å². The number of anilines is 1. The van der Waals surface area contributed by atoms with Crippen molar-refractivity contribution in [2.75, 3.05) is 18.4 Å². The number of benzene rings is 3. The molecule has 4 rings (SSSR count). The van der Waals surface area contributed by atoms with E-state index in [1.807, 2.05) is 13.0 Å². The van der Waals surface area contributed by atoms with Crippen LogP contribution in [0.25, 0.3) is 16.6 Å². The van der Waals surface area contributed by atoms with Gasteiger partial charge in [0, 0.05) is 6.07 Å². The predicted molar refractivity (Wildman–Crippen MR) is 127 cm³/mol. The number of nitrogens with one attached hydrogen (secondary N) is 1. The highest BCUT2D eigenvalue weighted by molar-refractivity contribution is 7.92. The van der Waals surface area contributed by atoms with Gasteiger partial charge in [-0.2, -0.15) is 0 Å². The Kier molecular flexibility index (Phi) is 6.06. The monoisotopic (exact) mass is 465 g/mol. The van der Waals surface area contributed by atoms with Crippen LogP contribution in [-0.2, 0) is 10.0 Å². The zero-order chi connectivity index (χ0) is 23.6. The zero-order valence-electron chi connectivity index (χ0n) is 18.4. The number of aryl methyl sites for hydroxylation is 1. The Morgan fingerprint density at radius 1 is 1.03 bits per heavy atom. The van der Waals surface area contributed by atoms with Gasteiger partial charge in [-0.3, -0.25) is 14.1 Å². The molecule has 1 N–H and O–H groups in total. The average molecular weight is 466 g/mol. The fraction of sp³-hybridized carbons (Fsp3) is 0.167. The molecule has 0 bridgehead atoms. The van der Waals surface area contributed by atoms with E-state index in [4.69, 9.17) is 9.47 Å². The second-order valence-corrected chi connectivity index (χ2v) is 8.89. The highest BCUT2D eigenvalue weighted by Crippen LogP contribution is 2.30. The van der Waals surface area contributed by atoms with E-state index in [0.717, 1.165) is 0 Å². The van der Waals surface area contributed by atoms with Crippen LogP contribution in [0, 0.1) is 6.92 Å². The predicted octanol–water partition coefficient (Wildman–Crippen LogP) is 3.90. The Labute approximate surface area is 191 Å². The number of methoxy groups -OCH3 is 1. The van der Waals surface area contributed by atoms with Crippen LogP contribution in [0.3, 0.4) is 0 Å². The van der Waals surface area contributed by atoms with Crippen molar-refractivity contribution >= 4 is 26.6 Å². The van der Waals surface area contributed by atoms with Gasteiger partial charge in [0.2, 0.25) is 0 Å². The summed E-state index contributed by atoms with van der Waals surface area (Å²) in [6, 6.07) is 18.0. The molecule has 0 saturated heterocycles. The van der Waals surface area contributed by atoms with E-state index in [9.17, 15) is 13.2 Å². The Bertz CT molecular complexity index is 1480. The first-order valence-corrected chi connectivity index (χ1v) is 11.7. The fourth-order valence-electron chi connectivity index (χ4n) is 3.54. The Balaban J connectivity index is 1.71. The Hall–Kier alpha value is -3.85. The third-order valence-electron chi connectivity index (χ3n) is 5.08. The first kappa shape index (κ1) is 22.3. The number of fused-ring (bicyclic) bond motifs is 1. The lowest BCUT2D eigenvalue weighted by molar-refractivity contribution is 0.340. The molecule has 0 fully saturated rings. The summed E-state index contributed by atoms with van der Waals surface area (Å²) in [6.45, 7) is 4.08. The van der Waals surface area contributed by atoms with Crippen LogP contribution < -0.4 is 19.8 Å². The van der Waals surface area contributed by atoms with Gasteiger partial charge in [0.15, 0.2) is 0 Å². The largest absolute Gasteiger partial charge is 0.494 e. The lowest BCUT2D eigenvalue weighted by atomic mass is 10.2. The number of rotatable bonds is 7. The lowest BCUT2D eigenvalue weighted by Crippen LogP contribution is -2.22. The molecule has 0 saturated carbocycles. The molecule has 170 valence electrons. The minimum atomic E-state index is -3.87. The summed E-state index contributed by atoms with van der Waals surface area (Å²) < 4.78 is 40.6. The first-order chi connectivity index (χ1) is 15.8. The molecule has 8 nitrogen and oxygen atoms in total. The molecule has 0 spiro atoms. The van der Waals surface area contributed by atoms with Gasteiger partial charge < -0.3 is 9.47 Å². The van der Waals surface area contributed by atoms with Crippen molar-refractivity contribution in [1.82, 2.24) is 9.55 Å². The maximum absolute atomic E-state index is 13.1. The minimum absolute atomic E-state index is 0.0860. The fourth-order valence-corrected chi connectivity index (χ4v) is 4.61. The molecule has 0 unspecified atom stereocenters. The maximum atomic E-state index is 13.1. The van der Waals surface area contributed by atoms with E-state index >= 15 is 0 Å². The number of nitrogens with zero attached hydrogens (tertiary/aromatic N) is 2. The zero-order valence-corrected chi connectivity index (χ0v) is 19.2. The second kappa shape index (κ2) is 8.95. The van der Waals surface area contributed by atoms with Crippen molar-refractivity contribution in [2.45, 2.75) is 18.7 Å². The third kappa shape index (κ3) is 4.40. The number of hydrogen-bond donors (Lipinski definition) is 1. The number of para-hydroxylation sites is 1. The lowest BCUT2D eigenvalue weighted by Gasteiger charge is -2.16. The molecular weight excluding hydrogens is 442 g/mol. The van der Waals surface area contributed by atoms with Crippen molar-refractivity contribution in [3.63, 3.8) is 0 Å². The van der Waals surface area contributed by atoms with Crippen LogP contribution >= 0.6 is 0 Å². The van der Waals surface area contributed by atoms with E-state index in [1.165, 1.54) is 23.8 Å². The van der Waals surface area contributed by atoms with Crippen LogP contribution in [0.2, 0.25) is 0 Å². The average Bonchev–Trinajstić information content (AvgIpc) is 2.80. The van der Waals surface area contributed by atoms with Crippen LogP contribution in [0.5, 0.6) is 11.5 Å². The van der Waals surface area contributed by atoms with Gasteiger partial charge in [0.05, 0.1) is 40.9 Å². The van der Waals surface area contributed by atoms with E-state index in [0.29, 0.717) is 34.8 Å². The van der Waals surface area contributed by atoms with Crippen LogP contribution in [0.4, 0.5) is 5.69 Å². The summed E-state index contributed by atoms with van der Waals surface area (Å²) in [5.41, 5.74) is 1.15. The van der Waals surface area contributed by atoms with Gasteiger partial charge in [0.1, 0.15) is 17.3 Å². The molecule has 4 aromatic rings. The summed E-state index contributed by atoms with van der Waals surface area (Å²) in [6.07, 6.45) is 0. The highest BCUT2D eigenvalue weighted by Gasteiger charge is 2.18. The Morgan fingerprint density at radius 3 is 2.45 bits per heavy atom. The number of sulfonamides is 1. The van der Waals surface area contributed by atoms with E-state index < -0.39 is 10.0 Å². The molecule has 0 atom stereocenters. The van der Waals surface area contributed by atoms with Crippen LogP contribution in [-0.4, -0.2) is 31.7 Å². The molecule has 1 heterocycles. The molecule has 3 aromatic carbocycles. The second-order valence-electron chi connectivity index (χ2n) is 7.21. The normalized spacial score (nSPS) is 11.4. The molecule has 9 heteroatoms. The van der Waals surface area contributed by atoms with Gasteiger partial charge in [0.25, 0.3) is 15.6 Å². The molecule has 0 aliphatic carbocycles. The van der Waals surface area contributed by atoms with Crippen LogP contribution in [0.15, 0.2) is 76.4 Å². The summed E-state index contributed by atoms with van der Waals surface area (Å²) in [4.78, 5) is 17.7. The number of ether oxygens (including phenoxy) is 2. The van der Waals surface area contributed by atoms with E-state index in [-0.39, 0.29) is 21.9 Å². The molecule has 33 heavy (non-hydrogen) atoms. The highest BCUT2D eigenvalue weighted by atomic mass is 32.2. The van der Waals surface area contributed by atoms with Crippen molar-refractivity contribution in [1.29, 1.82) is 0 Å². The van der Waals surface area contributed by atoms with Crippen molar-refractivity contribution in [2.24, 2.45) is 0 Å². The molecule has 0 radical (unpaired) electrons. The SMILES string of the molecule is CCOc1ccc(S(=O)(=O)Nc2ccc(-n3c(C)nc4ccccc4c3=O)cc2OC)cc1. The van der Waals surface area contributed by atoms with Crippen molar-refractivity contribution < 1.29 is 17.9 Å². The summed E-state index contributed by atoms with van der Waals surface area (Å²) in [7, 11) is -2.43. The van der Waals surface area contributed by atoms with Gasteiger partial charge in [-0.1, -0.05) is 12.1 Å². The molecule has 1 aromatic heterocycles. The Morgan fingerprint density at radius 2 is 1.76 bits per heavy atom. The third-order valence-corrected chi connectivity index (χ3v) is 6.46. The van der Waals surface area contributed by atoms with Crippen molar-refractivity contribution in [3.8, 4) is 17.2 Å². The van der Waals surface area contributed by atoms with Gasteiger partial charge in [-0.15, -0.1) is 0 Å². The summed E-state index contributed by atoms with van der Waals surface area (Å²) in [5, 5.41) is 0.488.